The summed E-state index contributed by atoms with van der Waals surface area (Å²) in [5.41, 5.74) is -1.84. The van der Waals surface area contributed by atoms with Gasteiger partial charge in [0, 0.05) is 18.1 Å². The van der Waals surface area contributed by atoms with Gasteiger partial charge in [0.15, 0.2) is 0 Å². The first-order chi connectivity index (χ1) is 8.79. The smallest absolute Gasteiger partial charge is 0.246 e. The summed E-state index contributed by atoms with van der Waals surface area (Å²) in [6, 6.07) is 0. The zero-order valence-corrected chi connectivity index (χ0v) is 13.8. The van der Waals surface area contributed by atoms with Gasteiger partial charge in [-0.3, -0.25) is 9.59 Å². The number of likely N-dealkylation sites (N-methyl/N-ethyl adjacent to an activating group) is 2. The maximum absolute atomic E-state index is 12.3. The molecule has 0 spiro atoms. The van der Waals surface area contributed by atoms with Gasteiger partial charge in [0.1, 0.15) is 11.1 Å². The SMILES string of the molecule is CCNC(=O)[C@](C)(CS)NC(=O)[C@](C)(CS)NCC. The maximum atomic E-state index is 12.3. The minimum absolute atomic E-state index is 0.222. The van der Waals surface area contributed by atoms with E-state index in [1.807, 2.05) is 13.8 Å². The molecule has 0 aliphatic carbocycles. The molecule has 2 atom stereocenters. The molecule has 2 amide bonds. The normalized spacial score (nSPS) is 17.2. The number of amides is 2. The van der Waals surface area contributed by atoms with Gasteiger partial charge in [-0.1, -0.05) is 6.92 Å². The van der Waals surface area contributed by atoms with Crippen molar-refractivity contribution < 1.29 is 9.59 Å². The Morgan fingerprint density at radius 2 is 1.47 bits per heavy atom. The highest BCUT2D eigenvalue weighted by Gasteiger charge is 2.39. The third kappa shape index (κ3) is 4.89. The van der Waals surface area contributed by atoms with Crippen LogP contribution >= 0.6 is 25.3 Å². The Kier molecular flexibility index (Phi) is 7.85. The summed E-state index contributed by atoms with van der Waals surface area (Å²) in [6.45, 7) is 8.31. The highest BCUT2D eigenvalue weighted by atomic mass is 32.1. The summed E-state index contributed by atoms with van der Waals surface area (Å²) in [7, 11) is 0. The zero-order chi connectivity index (χ0) is 15.1. The molecule has 0 saturated heterocycles. The van der Waals surface area contributed by atoms with E-state index in [1.54, 1.807) is 13.8 Å². The van der Waals surface area contributed by atoms with Gasteiger partial charge in [-0.15, -0.1) is 0 Å². The van der Waals surface area contributed by atoms with Crippen molar-refractivity contribution in [2.24, 2.45) is 0 Å². The van der Waals surface area contributed by atoms with Crippen LogP contribution in [0.2, 0.25) is 0 Å². The number of hydrogen-bond donors (Lipinski definition) is 5. The van der Waals surface area contributed by atoms with E-state index >= 15 is 0 Å². The van der Waals surface area contributed by atoms with E-state index in [2.05, 4.69) is 41.2 Å². The van der Waals surface area contributed by atoms with Crippen LogP contribution in [-0.4, -0.2) is 47.5 Å². The predicted molar refractivity (Wildman–Crippen MR) is 85.0 cm³/mol. The van der Waals surface area contributed by atoms with Crippen LogP contribution in [0.4, 0.5) is 0 Å². The maximum Gasteiger partial charge on any atom is 0.246 e. The van der Waals surface area contributed by atoms with Gasteiger partial charge in [0.25, 0.3) is 0 Å². The van der Waals surface area contributed by atoms with Crippen molar-refractivity contribution in [2.75, 3.05) is 24.6 Å². The molecule has 0 saturated carbocycles. The van der Waals surface area contributed by atoms with Gasteiger partial charge < -0.3 is 16.0 Å². The van der Waals surface area contributed by atoms with Gasteiger partial charge in [-0.25, -0.2) is 0 Å². The Morgan fingerprint density at radius 1 is 0.947 bits per heavy atom. The van der Waals surface area contributed by atoms with E-state index in [9.17, 15) is 9.59 Å². The highest BCUT2D eigenvalue weighted by molar-refractivity contribution is 7.80. The molecular formula is C12H25N3O2S2. The summed E-state index contributed by atoms with van der Waals surface area (Å²) >= 11 is 8.37. The van der Waals surface area contributed by atoms with Crippen molar-refractivity contribution in [3.05, 3.63) is 0 Å². The van der Waals surface area contributed by atoms with Gasteiger partial charge in [-0.2, -0.15) is 25.3 Å². The van der Waals surface area contributed by atoms with Crippen molar-refractivity contribution >= 4 is 37.1 Å². The molecule has 0 bridgehead atoms. The molecule has 7 heteroatoms. The summed E-state index contributed by atoms with van der Waals surface area (Å²) in [5.74, 6) is 0.0628. The Morgan fingerprint density at radius 3 is 1.84 bits per heavy atom. The average Bonchev–Trinajstić information content (AvgIpc) is 2.38. The fourth-order valence-corrected chi connectivity index (χ4v) is 1.99. The van der Waals surface area contributed by atoms with Crippen LogP contribution < -0.4 is 16.0 Å². The lowest BCUT2D eigenvalue weighted by Gasteiger charge is -2.34. The second kappa shape index (κ2) is 8.01. The molecular weight excluding hydrogens is 282 g/mol. The number of nitrogens with one attached hydrogen (secondary N) is 3. The van der Waals surface area contributed by atoms with Crippen LogP contribution in [0.25, 0.3) is 0 Å². The lowest BCUT2D eigenvalue weighted by atomic mass is 9.98. The third-order valence-corrected chi connectivity index (χ3v) is 4.19. The lowest BCUT2D eigenvalue weighted by Crippen LogP contribution is -2.65. The summed E-state index contributed by atoms with van der Waals surface area (Å²) in [6.07, 6.45) is 0. The highest BCUT2D eigenvalue weighted by Crippen LogP contribution is 2.12. The van der Waals surface area contributed by atoms with Crippen LogP contribution in [0.5, 0.6) is 0 Å². The van der Waals surface area contributed by atoms with Crippen LogP contribution in [0.3, 0.4) is 0 Å². The minimum Gasteiger partial charge on any atom is -0.354 e. The third-order valence-electron chi connectivity index (χ3n) is 2.93. The zero-order valence-electron chi connectivity index (χ0n) is 12.0. The molecule has 0 aromatic carbocycles. The Balaban J connectivity index is 4.96. The number of thiol groups is 2. The Hall–Kier alpha value is -0.400. The number of rotatable bonds is 8. The molecule has 0 fully saturated rings. The molecule has 0 unspecified atom stereocenters. The van der Waals surface area contributed by atoms with Crippen LogP contribution in [0, 0.1) is 0 Å². The molecule has 0 aliphatic heterocycles. The van der Waals surface area contributed by atoms with Crippen LogP contribution in [0.15, 0.2) is 0 Å². The Labute approximate surface area is 126 Å². The predicted octanol–water partition coefficient (Wildman–Crippen LogP) is 0.225. The minimum atomic E-state index is -1.03. The number of hydrogen-bond acceptors (Lipinski definition) is 5. The Bertz CT molecular complexity index is 328. The van der Waals surface area contributed by atoms with E-state index in [1.165, 1.54) is 0 Å². The molecule has 0 heterocycles. The fraction of sp³-hybridized carbons (Fsp3) is 0.833. The molecule has 0 aromatic heterocycles. The molecule has 5 nitrogen and oxygen atoms in total. The van der Waals surface area contributed by atoms with Crippen molar-refractivity contribution in [2.45, 2.75) is 38.8 Å². The first-order valence-electron chi connectivity index (χ1n) is 6.37. The quantitative estimate of drug-likeness (QED) is 0.417. The number of carbonyl (C=O) groups is 2. The van der Waals surface area contributed by atoms with Crippen molar-refractivity contribution in [3.8, 4) is 0 Å². The summed E-state index contributed by atoms with van der Waals surface area (Å²) in [5, 5.41) is 8.55. The summed E-state index contributed by atoms with van der Waals surface area (Å²) < 4.78 is 0. The van der Waals surface area contributed by atoms with E-state index < -0.39 is 11.1 Å². The van der Waals surface area contributed by atoms with E-state index in [0.29, 0.717) is 18.8 Å². The molecule has 0 aliphatic rings. The number of carbonyl (C=O) groups excluding carboxylic acids is 2. The van der Waals surface area contributed by atoms with Gasteiger partial charge in [-0.05, 0) is 27.3 Å². The van der Waals surface area contributed by atoms with Crippen molar-refractivity contribution in [1.82, 2.24) is 16.0 Å². The molecule has 19 heavy (non-hydrogen) atoms. The molecule has 112 valence electrons. The largest absolute Gasteiger partial charge is 0.354 e. The summed E-state index contributed by atoms with van der Waals surface area (Å²) in [4.78, 5) is 24.3. The molecule has 0 radical (unpaired) electrons. The van der Waals surface area contributed by atoms with E-state index in [0.717, 1.165) is 0 Å². The van der Waals surface area contributed by atoms with E-state index in [4.69, 9.17) is 0 Å². The standard InChI is InChI=1S/C12H25N3O2S2/c1-5-13-9(16)12(4,8-19)15-10(17)11(3,7-18)14-6-2/h14,18-19H,5-8H2,1-4H3,(H,13,16)(H,15,17)/t11-,12-/m0/s1. The second-order valence-corrected chi connectivity index (χ2v) is 5.46. The average molecular weight is 307 g/mol. The lowest BCUT2D eigenvalue weighted by molar-refractivity contribution is -0.134. The molecule has 0 rings (SSSR count). The fourth-order valence-electron chi connectivity index (χ4n) is 1.51. The first-order valence-corrected chi connectivity index (χ1v) is 7.63. The first kappa shape index (κ1) is 18.6. The topological polar surface area (TPSA) is 70.2 Å². The van der Waals surface area contributed by atoms with Gasteiger partial charge in [0.05, 0.1) is 0 Å². The van der Waals surface area contributed by atoms with Crippen molar-refractivity contribution in [1.29, 1.82) is 0 Å². The van der Waals surface area contributed by atoms with Crippen molar-refractivity contribution in [3.63, 3.8) is 0 Å². The van der Waals surface area contributed by atoms with E-state index in [-0.39, 0.29) is 17.6 Å². The van der Waals surface area contributed by atoms with Crippen LogP contribution in [-0.2, 0) is 9.59 Å². The molecule has 0 aromatic rings. The van der Waals surface area contributed by atoms with Gasteiger partial charge >= 0.3 is 0 Å². The molecule has 3 N–H and O–H groups in total. The second-order valence-electron chi connectivity index (χ2n) is 4.82. The monoisotopic (exact) mass is 307 g/mol. The van der Waals surface area contributed by atoms with Gasteiger partial charge in [0.2, 0.25) is 11.8 Å². The van der Waals surface area contributed by atoms with Crippen LogP contribution in [0.1, 0.15) is 27.7 Å².